The van der Waals surface area contributed by atoms with Crippen molar-refractivity contribution in [1.29, 1.82) is 5.26 Å². The van der Waals surface area contributed by atoms with Crippen LogP contribution in [0, 0.1) is 11.3 Å². The van der Waals surface area contributed by atoms with Gasteiger partial charge in [-0.15, -0.1) is 0 Å². The second-order valence-corrected chi connectivity index (χ2v) is 6.40. The van der Waals surface area contributed by atoms with Crippen LogP contribution in [0.3, 0.4) is 0 Å². The minimum Gasteiger partial charge on any atom is -0.478 e. The number of carboxylic acids is 1. The highest BCUT2D eigenvalue weighted by Gasteiger charge is 2.25. The SMILES string of the molecule is N#Cc1ccc(NC(=O)c2cc3cccc4c3n2CCC4O)c(C(=O)O)c1. The predicted octanol–water partition coefficient (Wildman–Crippen LogP) is 2.90. The van der Waals surface area contributed by atoms with Crippen molar-refractivity contribution in [1.82, 2.24) is 4.57 Å². The molecule has 4 rings (SSSR count). The molecule has 7 nitrogen and oxygen atoms in total. The Morgan fingerprint density at radius 3 is 2.78 bits per heavy atom. The average Bonchev–Trinajstić information content (AvgIpc) is 3.05. The van der Waals surface area contributed by atoms with E-state index in [1.807, 2.05) is 28.8 Å². The highest BCUT2D eigenvalue weighted by molar-refractivity contribution is 6.09. The summed E-state index contributed by atoms with van der Waals surface area (Å²) < 4.78 is 1.84. The van der Waals surface area contributed by atoms with Gasteiger partial charge in [-0.3, -0.25) is 4.79 Å². The van der Waals surface area contributed by atoms with Crippen LogP contribution in [0.5, 0.6) is 0 Å². The summed E-state index contributed by atoms with van der Waals surface area (Å²) in [6.07, 6.45) is -0.0673. The van der Waals surface area contributed by atoms with Gasteiger partial charge in [0.25, 0.3) is 5.91 Å². The van der Waals surface area contributed by atoms with E-state index in [2.05, 4.69) is 5.32 Å². The predicted molar refractivity (Wildman–Crippen MR) is 97.6 cm³/mol. The number of aliphatic hydroxyl groups excluding tert-OH is 1. The van der Waals surface area contributed by atoms with Gasteiger partial charge in [-0.05, 0) is 30.7 Å². The van der Waals surface area contributed by atoms with Crippen LogP contribution >= 0.6 is 0 Å². The molecule has 1 aliphatic rings. The zero-order valence-electron chi connectivity index (χ0n) is 14.1. The number of para-hydroxylation sites is 1. The maximum atomic E-state index is 12.9. The Balaban J connectivity index is 1.76. The van der Waals surface area contributed by atoms with E-state index < -0.39 is 18.0 Å². The fourth-order valence-electron chi connectivity index (χ4n) is 3.54. The summed E-state index contributed by atoms with van der Waals surface area (Å²) in [5, 5.41) is 32.0. The number of carboxylic acid groups (broad SMARTS) is 1. The number of nitrogens with one attached hydrogen (secondary N) is 1. The molecule has 7 heteroatoms. The van der Waals surface area contributed by atoms with Crippen molar-refractivity contribution in [2.24, 2.45) is 0 Å². The Hall–Kier alpha value is -3.63. The van der Waals surface area contributed by atoms with Crippen LogP contribution in [0.25, 0.3) is 10.9 Å². The van der Waals surface area contributed by atoms with Gasteiger partial charge in [-0.2, -0.15) is 5.26 Å². The molecule has 27 heavy (non-hydrogen) atoms. The van der Waals surface area contributed by atoms with Crippen LogP contribution in [0.15, 0.2) is 42.5 Å². The largest absolute Gasteiger partial charge is 0.478 e. The lowest BCUT2D eigenvalue weighted by Crippen LogP contribution is -2.21. The van der Waals surface area contributed by atoms with Crippen molar-refractivity contribution >= 4 is 28.5 Å². The topological polar surface area (TPSA) is 115 Å². The lowest BCUT2D eigenvalue weighted by molar-refractivity contribution is 0.0698. The third-order valence-electron chi connectivity index (χ3n) is 4.80. The van der Waals surface area contributed by atoms with Crippen LogP contribution < -0.4 is 5.32 Å². The van der Waals surface area contributed by atoms with E-state index >= 15 is 0 Å². The summed E-state index contributed by atoms with van der Waals surface area (Å²) in [6, 6.07) is 13.3. The number of carbonyl (C=O) groups excluding carboxylic acids is 1. The maximum absolute atomic E-state index is 12.9. The molecule has 0 fully saturated rings. The molecule has 0 spiro atoms. The molecule has 0 radical (unpaired) electrons. The van der Waals surface area contributed by atoms with Crippen LogP contribution in [0.1, 0.15) is 44.5 Å². The molecule has 3 aromatic rings. The first-order chi connectivity index (χ1) is 13.0. The summed E-state index contributed by atoms with van der Waals surface area (Å²) in [7, 11) is 0. The van der Waals surface area contributed by atoms with Gasteiger partial charge in [-0.1, -0.05) is 18.2 Å². The molecule has 2 heterocycles. The Labute approximate surface area is 154 Å². The zero-order valence-corrected chi connectivity index (χ0v) is 14.1. The van der Waals surface area contributed by atoms with Gasteiger partial charge < -0.3 is 20.1 Å². The van der Waals surface area contributed by atoms with Crippen molar-refractivity contribution in [3.8, 4) is 6.07 Å². The first-order valence-electron chi connectivity index (χ1n) is 8.38. The monoisotopic (exact) mass is 361 g/mol. The standard InChI is InChI=1S/C20H15N3O4/c21-10-11-4-5-15(14(8-11)20(26)27)22-19(25)16-9-12-2-1-3-13-17(24)6-7-23(16)18(12)13/h1-5,8-9,17,24H,6-7H2,(H,22,25)(H,26,27). The zero-order chi connectivity index (χ0) is 19.1. The third kappa shape index (κ3) is 2.72. The Bertz CT molecular complexity index is 1140. The smallest absolute Gasteiger partial charge is 0.337 e. The van der Waals surface area contributed by atoms with E-state index in [0.717, 1.165) is 16.5 Å². The van der Waals surface area contributed by atoms with Gasteiger partial charge in [-0.25, -0.2) is 4.79 Å². The number of nitriles is 1. The summed E-state index contributed by atoms with van der Waals surface area (Å²) in [5.74, 6) is -1.67. The molecule has 1 aromatic heterocycles. The molecular formula is C20H15N3O4. The van der Waals surface area contributed by atoms with Crippen LogP contribution in [-0.4, -0.2) is 26.7 Å². The van der Waals surface area contributed by atoms with Crippen molar-refractivity contribution < 1.29 is 19.8 Å². The van der Waals surface area contributed by atoms with E-state index in [4.69, 9.17) is 5.26 Å². The van der Waals surface area contributed by atoms with Gasteiger partial charge in [0.1, 0.15) is 5.69 Å². The number of nitrogens with zero attached hydrogens (tertiary/aromatic N) is 2. The first kappa shape index (κ1) is 16.8. The average molecular weight is 361 g/mol. The number of benzene rings is 2. The number of aromatic nitrogens is 1. The fourth-order valence-corrected chi connectivity index (χ4v) is 3.54. The summed E-state index contributed by atoms with van der Waals surface area (Å²) >= 11 is 0. The lowest BCUT2D eigenvalue weighted by atomic mass is 10.0. The summed E-state index contributed by atoms with van der Waals surface area (Å²) in [5.41, 5.74) is 2.17. The van der Waals surface area contributed by atoms with E-state index in [-0.39, 0.29) is 16.8 Å². The second-order valence-electron chi connectivity index (χ2n) is 6.40. The van der Waals surface area contributed by atoms with E-state index in [1.54, 1.807) is 6.07 Å². The number of carbonyl (C=O) groups is 2. The van der Waals surface area contributed by atoms with Crippen molar-refractivity contribution in [3.05, 3.63) is 64.8 Å². The molecule has 0 aliphatic carbocycles. The quantitative estimate of drug-likeness (QED) is 0.663. The number of aryl methyl sites for hydroxylation is 1. The molecule has 1 atom stereocenters. The first-order valence-corrected chi connectivity index (χ1v) is 8.38. The molecule has 2 aromatic carbocycles. The Morgan fingerprint density at radius 2 is 2.04 bits per heavy atom. The normalized spacial score (nSPS) is 15.3. The van der Waals surface area contributed by atoms with Gasteiger partial charge in [0.2, 0.25) is 0 Å². The van der Waals surface area contributed by atoms with E-state index in [0.29, 0.717) is 18.7 Å². The summed E-state index contributed by atoms with van der Waals surface area (Å²) in [6.45, 7) is 0.490. The minimum atomic E-state index is -1.23. The number of amides is 1. The van der Waals surface area contributed by atoms with Crippen molar-refractivity contribution in [2.75, 3.05) is 5.32 Å². The third-order valence-corrected chi connectivity index (χ3v) is 4.80. The maximum Gasteiger partial charge on any atom is 0.337 e. The van der Waals surface area contributed by atoms with Crippen molar-refractivity contribution in [2.45, 2.75) is 19.1 Å². The van der Waals surface area contributed by atoms with E-state index in [9.17, 15) is 19.8 Å². The molecule has 0 saturated heterocycles. The Morgan fingerprint density at radius 1 is 1.22 bits per heavy atom. The van der Waals surface area contributed by atoms with Crippen LogP contribution in [-0.2, 0) is 6.54 Å². The number of hydrogen-bond acceptors (Lipinski definition) is 4. The Kier molecular flexibility index (Phi) is 3.90. The molecule has 0 bridgehead atoms. The fraction of sp³-hybridized carbons (Fsp3) is 0.150. The second kappa shape index (κ2) is 6.27. The molecule has 1 aliphatic heterocycles. The van der Waals surface area contributed by atoms with Crippen LogP contribution in [0.2, 0.25) is 0 Å². The summed E-state index contributed by atoms with van der Waals surface area (Å²) in [4.78, 5) is 24.3. The lowest BCUT2D eigenvalue weighted by Gasteiger charge is -2.22. The van der Waals surface area contributed by atoms with Crippen molar-refractivity contribution in [3.63, 3.8) is 0 Å². The van der Waals surface area contributed by atoms with Gasteiger partial charge in [0, 0.05) is 17.5 Å². The molecular weight excluding hydrogens is 346 g/mol. The molecule has 134 valence electrons. The number of anilines is 1. The van der Waals surface area contributed by atoms with Gasteiger partial charge >= 0.3 is 5.97 Å². The van der Waals surface area contributed by atoms with Gasteiger partial charge in [0.05, 0.1) is 34.5 Å². The minimum absolute atomic E-state index is 0.126. The van der Waals surface area contributed by atoms with Crippen LogP contribution in [0.4, 0.5) is 5.69 Å². The van der Waals surface area contributed by atoms with E-state index in [1.165, 1.54) is 18.2 Å². The molecule has 1 unspecified atom stereocenters. The number of rotatable bonds is 3. The molecule has 0 saturated carbocycles. The molecule has 1 amide bonds. The number of aliphatic hydroxyl groups is 1. The number of aromatic carboxylic acids is 1. The van der Waals surface area contributed by atoms with Gasteiger partial charge in [0.15, 0.2) is 0 Å². The highest BCUT2D eigenvalue weighted by atomic mass is 16.4. The molecule has 3 N–H and O–H groups in total. The highest BCUT2D eigenvalue weighted by Crippen LogP contribution is 2.34. The number of hydrogen-bond donors (Lipinski definition) is 3.